The molecule has 0 saturated heterocycles. The maximum atomic E-state index is 12.9. The molecule has 0 atom stereocenters. The molecule has 1 amide bonds. The highest BCUT2D eigenvalue weighted by molar-refractivity contribution is 14.1. The Morgan fingerprint density at radius 3 is 2.48 bits per heavy atom. The lowest BCUT2D eigenvalue weighted by molar-refractivity contribution is -0.120. The number of nitrogens with one attached hydrogen (secondary N) is 1. The normalized spacial score (nSPS) is 10.8. The summed E-state index contributed by atoms with van der Waals surface area (Å²) in [6, 6.07) is 17.1. The van der Waals surface area contributed by atoms with Gasteiger partial charge in [0.2, 0.25) is 5.91 Å². The van der Waals surface area contributed by atoms with Gasteiger partial charge < -0.3 is 9.47 Å². The van der Waals surface area contributed by atoms with E-state index in [-0.39, 0.29) is 18.1 Å². The Morgan fingerprint density at radius 2 is 1.81 bits per heavy atom. The minimum Gasteiger partial charge on any atom is -0.493 e. The molecule has 3 aromatic rings. The van der Waals surface area contributed by atoms with Crippen molar-refractivity contribution in [3.05, 3.63) is 91.8 Å². The van der Waals surface area contributed by atoms with Crippen LogP contribution in [-0.2, 0) is 17.8 Å². The zero-order valence-corrected chi connectivity index (χ0v) is 19.5. The number of hydrogen-bond donors (Lipinski definition) is 1. The summed E-state index contributed by atoms with van der Waals surface area (Å²) >= 11 is 8.62. The molecule has 0 aliphatic heterocycles. The highest BCUT2D eigenvalue weighted by Crippen LogP contribution is 2.36. The molecular formula is C23H19ClFIN2O3. The van der Waals surface area contributed by atoms with Gasteiger partial charge in [0.15, 0.2) is 11.5 Å². The van der Waals surface area contributed by atoms with Gasteiger partial charge in [-0.3, -0.25) is 4.79 Å². The highest BCUT2D eigenvalue weighted by atomic mass is 127. The zero-order chi connectivity index (χ0) is 22.2. The van der Waals surface area contributed by atoms with E-state index in [0.717, 1.165) is 9.13 Å². The van der Waals surface area contributed by atoms with Crippen molar-refractivity contribution in [3.63, 3.8) is 0 Å². The fourth-order valence-electron chi connectivity index (χ4n) is 2.70. The van der Waals surface area contributed by atoms with Crippen LogP contribution in [0.25, 0.3) is 0 Å². The number of carbonyl (C=O) groups excluding carboxylic acids is 1. The van der Waals surface area contributed by atoms with E-state index in [0.29, 0.717) is 34.3 Å². The maximum Gasteiger partial charge on any atom is 0.244 e. The molecule has 1 N–H and O–H groups in total. The number of hydrogen-bond acceptors (Lipinski definition) is 4. The Balaban J connectivity index is 1.62. The molecule has 8 heteroatoms. The van der Waals surface area contributed by atoms with Crippen molar-refractivity contribution in [2.75, 3.05) is 7.11 Å². The van der Waals surface area contributed by atoms with Crippen LogP contribution in [0.4, 0.5) is 4.39 Å². The second-order valence-corrected chi connectivity index (χ2v) is 8.20. The average molecular weight is 553 g/mol. The first kappa shape index (κ1) is 23.0. The molecule has 0 saturated carbocycles. The topological polar surface area (TPSA) is 59.9 Å². The summed E-state index contributed by atoms with van der Waals surface area (Å²) in [7, 11) is 1.52. The fourth-order valence-corrected chi connectivity index (χ4v) is 3.33. The summed E-state index contributed by atoms with van der Waals surface area (Å²) in [5, 5.41) is 4.31. The van der Waals surface area contributed by atoms with E-state index in [2.05, 4.69) is 33.1 Å². The summed E-state index contributed by atoms with van der Waals surface area (Å²) in [5.41, 5.74) is 4.76. The predicted molar refractivity (Wildman–Crippen MR) is 127 cm³/mol. The zero-order valence-electron chi connectivity index (χ0n) is 16.6. The number of methoxy groups -OCH3 is 1. The van der Waals surface area contributed by atoms with Crippen LogP contribution in [0.2, 0.25) is 5.02 Å². The summed E-state index contributed by atoms with van der Waals surface area (Å²) < 4.78 is 25.3. The second kappa shape index (κ2) is 11.1. The van der Waals surface area contributed by atoms with Crippen LogP contribution < -0.4 is 14.9 Å². The lowest BCUT2D eigenvalue weighted by Crippen LogP contribution is -2.19. The van der Waals surface area contributed by atoms with Gasteiger partial charge in [0.05, 0.1) is 24.8 Å². The third-order valence-electron chi connectivity index (χ3n) is 4.23. The Bertz CT molecular complexity index is 1070. The van der Waals surface area contributed by atoms with Gasteiger partial charge in [-0.2, -0.15) is 5.10 Å². The first-order valence-electron chi connectivity index (χ1n) is 9.25. The van der Waals surface area contributed by atoms with Crippen LogP contribution in [-0.4, -0.2) is 19.2 Å². The van der Waals surface area contributed by atoms with Crippen molar-refractivity contribution < 1.29 is 18.7 Å². The largest absolute Gasteiger partial charge is 0.493 e. The molecule has 0 fully saturated rings. The fraction of sp³-hybridized carbons (Fsp3) is 0.130. The van der Waals surface area contributed by atoms with Crippen LogP contribution in [0.3, 0.4) is 0 Å². The Kier molecular flexibility index (Phi) is 8.25. The molecule has 31 heavy (non-hydrogen) atoms. The molecule has 0 spiro atoms. The third kappa shape index (κ3) is 6.93. The van der Waals surface area contributed by atoms with E-state index < -0.39 is 0 Å². The molecule has 0 radical (unpaired) electrons. The minimum atomic E-state index is -0.348. The molecule has 0 aromatic heterocycles. The van der Waals surface area contributed by atoms with Crippen LogP contribution in [0.5, 0.6) is 11.5 Å². The molecular weight excluding hydrogens is 534 g/mol. The Labute approximate surface area is 198 Å². The lowest BCUT2D eigenvalue weighted by atomic mass is 10.1. The SMILES string of the molecule is COc1cc(/C=N/NC(=O)Cc2ccc(F)cc2)cc(Cl)c1OCc1ccc(I)cc1. The van der Waals surface area contributed by atoms with Gasteiger partial charge in [0, 0.05) is 3.57 Å². The quantitative estimate of drug-likeness (QED) is 0.232. The molecule has 3 aromatic carbocycles. The lowest BCUT2D eigenvalue weighted by Gasteiger charge is -2.13. The highest BCUT2D eigenvalue weighted by Gasteiger charge is 2.12. The summed E-state index contributed by atoms with van der Waals surface area (Å²) in [4.78, 5) is 12.0. The smallest absolute Gasteiger partial charge is 0.244 e. The molecule has 5 nitrogen and oxygen atoms in total. The van der Waals surface area contributed by atoms with Crippen LogP contribution >= 0.6 is 34.2 Å². The average Bonchev–Trinajstić information content (AvgIpc) is 2.75. The van der Waals surface area contributed by atoms with Gasteiger partial charge >= 0.3 is 0 Å². The van der Waals surface area contributed by atoms with E-state index >= 15 is 0 Å². The van der Waals surface area contributed by atoms with E-state index in [1.54, 1.807) is 24.3 Å². The van der Waals surface area contributed by atoms with Gasteiger partial charge in [0.1, 0.15) is 12.4 Å². The summed E-state index contributed by atoms with van der Waals surface area (Å²) in [6.07, 6.45) is 1.55. The van der Waals surface area contributed by atoms with Crippen LogP contribution in [0.1, 0.15) is 16.7 Å². The Morgan fingerprint density at radius 1 is 1.13 bits per heavy atom. The predicted octanol–water partition coefficient (Wildman–Crippen LogP) is 5.36. The monoisotopic (exact) mass is 552 g/mol. The number of benzene rings is 3. The number of halogens is 3. The van der Waals surface area contributed by atoms with Crippen LogP contribution in [0.15, 0.2) is 65.8 Å². The number of rotatable bonds is 8. The summed E-state index contributed by atoms with van der Waals surface area (Å²) in [5.74, 6) is 0.217. The van der Waals surface area contributed by atoms with E-state index in [4.69, 9.17) is 21.1 Å². The molecule has 0 unspecified atom stereocenters. The summed E-state index contributed by atoms with van der Waals surface area (Å²) in [6.45, 7) is 0.347. The van der Waals surface area contributed by atoms with Crippen molar-refractivity contribution in [2.24, 2.45) is 5.10 Å². The van der Waals surface area contributed by atoms with Gasteiger partial charge in [-0.15, -0.1) is 0 Å². The number of ether oxygens (including phenoxy) is 2. The van der Waals surface area contributed by atoms with Gasteiger partial charge in [0.25, 0.3) is 0 Å². The van der Waals surface area contributed by atoms with Gasteiger partial charge in [-0.25, -0.2) is 9.82 Å². The van der Waals surface area contributed by atoms with Crippen LogP contribution in [0, 0.1) is 9.39 Å². The first-order chi connectivity index (χ1) is 14.9. The van der Waals surface area contributed by atoms with Crippen molar-refractivity contribution in [3.8, 4) is 11.5 Å². The molecule has 0 heterocycles. The number of amides is 1. The number of carbonyl (C=O) groups is 1. The van der Waals surface area contributed by atoms with E-state index in [1.165, 1.54) is 25.5 Å². The molecule has 160 valence electrons. The standard InChI is InChI=1S/C23H19ClFIN2O3/c1-30-21-11-17(13-27-28-22(29)12-15-2-6-18(25)7-3-15)10-20(24)23(21)31-14-16-4-8-19(26)9-5-16/h2-11,13H,12,14H2,1H3,(H,28,29)/b27-13+. The maximum absolute atomic E-state index is 12.9. The van der Waals surface area contributed by atoms with Gasteiger partial charge in [-0.1, -0.05) is 35.9 Å². The first-order valence-corrected chi connectivity index (χ1v) is 10.7. The van der Waals surface area contributed by atoms with E-state index in [1.807, 2.05) is 24.3 Å². The minimum absolute atomic E-state index is 0.0903. The number of nitrogens with zero attached hydrogens (tertiary/aromatic N) is 1. The number of hydrazone groups is 1. The Hall–Kier alpha value is -2.65. The van der Waals surface area contributed by atoms with Gasteiger partial charge in [-0.05, 0) is 75.7 Å². The molecule has 0 aliphatic rings. The molecule has 3 rings (SSSR count). The van der Waals surface area contributed by atoms with Crippen molar-refractivity contribution in [2.45, 2.75) is 13.0 Å². The van der Waals surface area contributed by atoms with Crippen molar-refractivity contribution in [1.82, 2.24) is 5.43 Å². The molecule has 0 bridgehead atoms. The second-order valence-electron chi connectivity index (χ2n) is 6.55. The van der Waals surface area contributed by atoms with Crippen molar-refractivity contribution in [1.29, 1.82) is 0 Å². The van der Waals surface area contributed by atoms with E-state index in [9.17, 15) is 9.18 Å². The molecule has 0 aliphatic carbocycles. The third-order valence-corrected chi connectivity index (χ3v) is 5.23. The van der Waals surface area contributed by atoms with Crippen molar-refractivity contribution >= 4 is 46.3 Å².